The maximum absolute atomic E-state index is 12.4. The Hall–Kier alpha value is -1.65. The van der Waals surface area contributed by atoms with Crippen LogP contribution in [0.1, 0.15) is 57.8 Å². The molecule has 0 saturated heterocycles. The van der Waals surface area contributed by atoms with Crippen LogP contribution in [0.15, 0.2) is 11.6 Å². The molecule has 5 heteroatoms. The minimum absolute atomic E-state index is 0.0561. The SMILES string of the molecule is CCn1nnc2c1CCC(C(=O)OCCC1=CC[C@H]3C[C@@H]1C3(C)C)C2. The van der Waals surface area contributed by atoms with Gasteiger partial charge in [-0.2, -0.15) is 0 Å². The predicted octanol–water partition coefficient (Wildman–Crippen LogP) is 3.33. The number of aromatic nitrogens is 3. The molecule has 4 aliphatic rings. The van der Waals surface area contributed by atoms with Crippen molar-refractivity contribution in [1.29, 1.82) is 0 Å². The number of esters is 1. The first-order valence-corrected chi connectivity index (χ1v) is 9.77. The van der Waals surface area contributed by atoms with Gasteiger partial charge in [-0.25, -0.2) is 4.68 Å². The van der Waals surface area contributed by atoms with Crippen molar-refractivity contribution >= 4 is 5.97 Å². The second kappa shape index (κ2) is 6.26. The minimum Gasteiger partial charge on any atom is -0.465 e. The Morgan fingerprint density at radius 2 is 2.28 bits per heavy atom. The first-order valence-electron chi connectivity index (χ1n) is 9.77. The summed E-state index contributed by atoms with van der Waals surface area (Å²) in [6.45, 7) is 8.19. The maximum Gasteiger partial charge on any atom is 0.309 e. The molecule has 0 radical (unpaired) electrons. The van der Waals surface area contributed by atoms with E-state index in [9.17, 15) is 4.79 Å². The van der Waals surface area contributed by atoms with Crippen molar-refractivity contribution in [1.82, 2.24) is 15.0 Å². The van der Waals surface area contributed by atoms with Crippen molar-refractivity contribution in [2.24, 2.45) is 23.2 Å². The summed E-state index contributed by atoms with van der Waals surface area (Å²) in [6.07, 6.45) is 8.22. The van der Waals surface area contributed by atoms with E-state index in [-0.39, 0.29) is 11.9 Å². The van der Waals surface area contributed by atoms with Crippen LogP contribution in [0, 0.1) is 23.2 Å². The standard InChI is InChI=1S/C20H29N3O2/c1-4-23-18-8-6-14(11-17(18)21-22-23)19(24)25-10-9-13-5-7-15-12-16(13)20(15,2)3/h5,14-16H,4,6-12H2,1-3H3/t14?,15-,16-/m0/s1. The third-order valence-electron chi connectivity index (χ3n) is 6.94. The van der Waals surface area contributed by atoms with Crippen molar-refractivity contribution in [3.63, 3.8) is 0 Å². The predicted molar refractivity (Wildman–Crippen MR) is 94.9 cm³/mol. The topological polar surface area (TPSA) is 57.0 Å². The normalized spacial score (nSPS) is 29.4. The molecule has 1 unspecified atom stereocenters. The number of hydrogen-bond donors (Lipinski definition) is 0. The molecule has 0 N–H and O–H groups in total. The average Bonchev–Trinajstić information content (AvgIpc) is 3.03. The smallest absolute Gasteiger partial charge is 0.309 e. The Balaban J connectivity index is 1.28. The van der Waals surface area contributed by atoms with Gasteiger partial charge in [0.25, 0.3) is 0 Å². The highest BCUT2D eigenvalue weighted by Gasteiger charge is 2.50. The third kappa shape index (κ3) is 2.81. The molecule has 25 heavy (non-hydrogen) atoms. The number of nitrogens with zero attached hydrogens (tertiary/aromatic N) is 3. The lowest BCUT2D eigenvalue weighted by molar-refractivity contribution is -0.149. The number of fused-ring (bicyclic) bond motifs is 2. The molecular weight excluding hydrogens is 314 g/mol. The van der Waals surface area contributed by atoms with Gasteiger partial charge in [0, 0.05) is 19.4 Å². The summed E-state index contributed by atoms with van der Waals surface area (Å²) in [4.78, 5) is 12.4. The van der Waals surface area contributed by atoms with Crippen LogP contribution in [-0.2, 0) is 28.9 Å². The van der Waals surface area contributed by atoms with E-state index in [0.29, 0.717) is 24.4 Å². The molecule has 0 aromatic carbocycles. The average molecular weight is 343 g/mol. The fourth-order valence-corrected chi connectivity index (χ4v) is 5.05. The Bertz CT molecular complexity index is 704. The Morgan fingerprint density at radius 3 is 3.00 bits per heavy atom. The fraction of sp³-hybridized carbons (Fsp3) is 0.750. The van der Waals surface area contributed by atoms with Crippen molar-refractivity contribution in [3.05, 3.63) is 23.0 Å². The lowest BCUT2D eigenvalue weighted by Crippen LogP contribution is -2.48. The summed E-state index contributed by atoms with van der Waals surface area (Å²) in [6, 6.07) is 0. The number of carbonyl (C=O) groups excluding carboxylic acids is 1. The van der Waals surface area contributed by atoms with Crippen molar-refractivity contribution in [3.8, 4) is 0 Å². The summed E-state index contributed by atoms with van der Waals surface area (Å²) >= 11 is 0. The molecule has 1 aromatic heterocycles. The molecular formula is C20H29N3O2. The summed E-state index contributed by atoms with van der Waals surface area (Å²) in [7, 11) is 0. The number of aryl methyl sites for hydroxylation is 1. The zero-order valence-corrected chi connectivity index (χ0v) is 15.6. The molecule has 1 aromatic rings. The van der Waals surface area contributed by atoms with E-state index < -0.39 is 0 Å². The van der Waals surface area contributed by atoms with Crippen LogP contribution < -0.4 is 0 Å². The molecule has 0 spiro atoms. The lowest BCUT2D eigenvalue weighted by atomic mass is 9.48. The highest BCUT2D eigenvalue weighted by Crippen LogP contribution is 2.59. The van der Waals surface area contributed by atoms with Crippen LogP contribution in [0.5, 0.6) is 0 Å². The molecule has 4 aliphatic carbocycles. The van der Waals surface area contributed by atoms with Gasteiger partial charge in [0.2, 0.25) is 0 Å². The van der Waals surface area contributed by atoms with Gasteiger partial charge in [-0.05, 0) is 49.9 Å². The molecule has 2 bridgehead atoms. The largest absolute Gasteiger partial charge is 0.465 e. The quantitative estimate of drug-likeness (QED) is 0.608. The zero-order valence-electron chi connectivity index (χ0n) is 15.6. The van der Waals surface area contributed by atoms with E-state index in [4.69, 9.17) is 4.74 Å². The van der Waals surface area contributed by atoms with Crippen LogP contribution in [0.4, 0.5) is 0 Å². The van der Waals surface area contributed by atoms with Gasteiger partial charge in [-0.1, -0.05) is 30.7 Å². The van der Waals surface area contributed by atoms with Crippen LogP contribution in [0.25, 0.3) is 0 Å². The highest BCUT2D eigenvalue weighted by molar-refractivity contribution is 5.73. The molecule has 0 aliphatic heterocycles. The summed E-state index contributed by atoms with van der Waals surface area (Å²) in [5.41, 5.74) is 4.13. The molecule has 5 nitrogen and oxygen atoms in total. The fourth-order valence-electron chi connectivity index (χ4n) is 5.05. The first-order chi connectivity index (χ1) is 12.0. The highest BCUT2D eigenvalue weighted by atomic mass is 16.5. The number of rotatable bonds is 5. The second-order valence-corrected chi connectivity index (χ2v) is 8.48. The van der Waals surface area contributed by atoms with E-state index in [1.54, 1.807) is 0 Å². The summed E-state index contributed by atoms with van der Waals surface area (Å²) in [5, 5.41) is 8.41. The van der Waals surface area contributed by atoms with Gasteiger partial charge in [0.1, 0.15) is 0 Å². The van der Waals surface area contributed by atoms with E-state index in [1.165, 1.54) is 24.1 Å². The van der Waals surface area contributed by atoms with Gasteiger partial charge in [0.15, 0.2) is 0 Å². The van der Waals surface area contributed by atoms with Crippen LogP contribution in [0.2, 0.25) is 0 Å². The zero-order chi connectivity index (χ0) is 17.6. The van der Waals surface area contributed by atoms with Crippen molar-refractivity contribution in [2.45, 2.75) is 65.8 Å². The van der Waals surface area contributed by atoms with Crippen LogP contribution >= 0.6 is 0 Å². The molecule has 1 heterocycles. The number of allylic oxidation sites excluding steroid dienone is 1. The van der Waals surface area contributed by atoms with Crippen LogP contribution in [0.3, 0.4) is 0 Å². The number of carbonyl (C=O) groups is 1. The minimum atomic E-state index is -0.0566. The number of hydrogen-bond acceptors (Lipinski definition) is 4. The monoisotopic (exact) mass is 343 g/mol. The Morgan fingerprint density at radius 1 is 1.44 bits per heavy atom. The first kappa shape index (κ1) is 16.8. The van der Waals surface area contributed by atoms with Gasteiger partial charge < -0.3 is 4.74 Å². The van der Waals surface area contributed by atoms with Crippen LogP contribution in [-0.4, -0.2) is 27.6 Å². The van der Waals surface area contributed by atoms with Gasteiger partial charge >= 0.3 is 5.97 Å². The third-order valence-corrected chi connectivity index (χ3v) is 6.94. The van der Waals surface area contributed by atoms with Crippen molar-refractivity contribution < 1.29 is 9.53 Å². The van der Waals surface area contributed by atoms with Crippen molar-refractivity contribution in [2.75, 3.05) is 6.61 Å². The molecule has 5 rings (SSSR count). The molecule has 136 valence electrons. The van der Waals surface area contributed by atoms with E-state index in [1.807, 2.05) is 4.68 Å². The van der Waals surface area contributed by atoms with Gasteiger partial charge in [0.05, 0.1) is 23.9 Å². The Labute approximate surface area is 149 Å². The summed E-state index contributed by atoms with van der Waals surface area (Å²) in [5.74, 6) is 1.45. The van der Waals surface area contributed by atoms with E-state index in [2.05, 4.69) is 37.2 Å². The lowest BCUT2D eigenvalue weighted by Gasteiger charge is -2.56. The molecule has 1 saturated carbocycles. The molecule has 1 fully saturated rings. The van der Waals surface area contributed by atoms with Gasteiger partial charge in [-0.15, -0.1) is 5.10 Å². The Kier molecular flexibility index (Phi) is 4.20. The molecule has 0 amide bonds. The van der Waals surface area contributed by atoms with Gasteiger partial charge in [-0.3, -0.25) is 4.79 Å². The van der Waals surface area contributed by atoms with E-state index >= 15 is 0 Å². The number of ether oxygens (including phenoxy) is 1. The second-order valence-electron chi connectivity index (χ2n) is 8.48. The maximum atomic E-state index is 12.4. The van der Waals surface area contributed by atoms with E-state index in [0.717, 1.165) is 37.4 Å². The molecule has 3 atom stereocenters. The summed E-state index contributed by atoms with van der Waals surface area (Å²) < 4.78 is 7.58.